The van der Waals surface area contributed by atoms with Gasteiger partial charge in [-0.2, -0.15) is 0 Å². The Morgan fingerprint density at radius 3 is 2.12 bits per heavy atom. The van der Waals surface area contributed by atoms with Crippen molar-refractivity contribution in [1.82, 2.24) is 0 Å². The van der Waals surface area contributed by atoms with Crippen LogP contribution in [0.1, 0.15) is 78.1 Å². The first-order valence-electron chi connectivity index (χ1n) is 14.2. The van der Waals surface area contributed by atoms with Crippen molar-refractivity contribution in [2.24, 2.45) is 11.7 Å². The lowest BCUT2D eigenvalue weighted by molar-refractivity contribution is -0.136. The van der Waals surface area contributed by atoms with E-state index in [9.17, 15) is 19.5 Å². The highest BCUT2D eigenvalue weighted by molar-refractivity contribution is 6.08. The summed E-state index contributed by atoms with van der Waals surface area (Å²) < 4.78 is 17.4. The molecule has 1 amide bonds. The SMILES string of the molecule is NC(=O)OC(c1cc(OCCCOc2ccc(C(=O)c3ccccc3)cc2)ccc1CCC(=O)O)C1CCCCC1. The van der Waals surface area contributed by atoms with Crippen molar-refractivity contribution in [3.05, 3.63) is 95.1 Å². The van der Waals surface area contributed by atoms with E-state index in [-0.39, 0.29) is 18.1 Å². The molecule has 1 aliphatic carbocycles. The number of hydrogen-bond acceptors (Lipinski definition) is 6. The minimum absolute atomic E-state index is 0.0279. The van der Waals surface area contributed by atoms with Crippen molar-refractivity contribution in [2.75, 3.05) is 13.2 Å². The fraction of sp³-hybridized carbons (Fsp3) is 0.364. The number of hydrogen-bond donors (Lipinski definition) is 2. The molecule has 3 aromatic carbocycles. The normalized spacial score (nSPS) is 14.1. The predicted molar refractivity (Wildman–Crippen MR) is 154 cm³/mol. The van der Waals surface area contributed by atoms with Gasteiger partial charge in [-0.25, -0.2) is 4.79 Å². The second-order valence-electron chi connectivity index (χ2n) is 10.3. The summed E-state index contributed by atoms with van der Waals surface area (Å²) in [6, 6.07) is 21.7. The minimum Gasteiger partial charge on any atom is -0.493 e. The highest BCUT2D eigenvalue weighted by Gasteiger charge is 2.30. The summed E-state index contributed by atoms with van der Waals surface area (Å²) in [6.07, 6.45) is 4.61. The van der Waals surface area contributed by atoms with Crippen molar-refractivity contribution in [2.45, 2.75) is 57.5 Å². The number of nitrogens with two attached hydrogens (primary N) is 1. The van der Waals surface area contributed by atoms with Gasteiger partial charge in [-0.3, -0.25) is 9.59 Å². The van der Waals surface area contributed by atoms with E-state index in [2.05, 4.69) is 0 Å². The number of carbonyl (C=O) groups is 3. The van der Waals surface area contributed by atoms with Crippen LogP contribution in [0.4, 0.5) is 4.79 Å². The molecule has 1 atom stereocenters. The molecule has 0 bridgehead atoms. The zero-order valence-electron chi connectivity index (χ0n) is 23.1. The summed E-state index contributed by atoms with van der Waals surface area (Å²) in [7, 11) is 0. The van der Waals surface area contributed by atoms with Crippen molar-refractivity contribution < 1.29 is 33.7 Å². The second kappa shape index (κ2) is 14.9. The largest absolute Gasteiger partial charge is 0.493 e. The van der Waals surface area contributed by atoms with Crippen LogP contribution in [-0.4, -0.2) is 36.2 Å². The molecule has 1 aliphatic rings. The van der Waals surface area contributed by atoms with Gasteiger partial charge in [0.25, 0.3) is 0 Å². The molecule has 1 saturated carbocycles. The van der Waals surface area contributed by atoms with E-state index >= 15 is 0 Å². The number of amides is 1. The number of rotatable bonds is 14. The summed E-state index contributed by atoms with van der Waals surface area (Å²) >= 11 is 0. The molecule has 0 aliphatic heterocycles. The molecule has 3 N–H and O–H groups in total. The van der Waals surface area contributed by atoms with Crippen LogP contribution < -0.4 is 15.2 Å². The number of carbonyl (C=O) groups excluding carboxylic acids is 2. The van der Waals surface area contributed by atoms with E-state index in [0.717, 1.165) is 43.2 Å². The van der Waals surface area contributed by atoms with Crippen molar-refractivity contribution in [3.63, 3.8) is 0 Å². The number of aliphatic carboxylic acids is 1. The first-order chi connectivity index (χ1) is 19.9. The van der Waals surface area contributed by atoms with Gasteiger partial charge in [-0.05, 0) is 66.8 Å². The van der Waals surface area contributed by atoms with Crippen LogP contribution in [0.2, 0.25) is 0 Å². The van der Waals surface area contributed by atoms with Gasteiger partial charge >= 0.3 is 12.1 Å². The molecule has 8 nitrogen and oxygen atoms in total. The lowest BCUT2D eigenvalue weighted by atomic mass is 9.81. The number of carboxylic acids is 1. The Hall–Kier alpha value is -4.33. The highest BCUT2D eigenvalue weighted by Crippen LogP contribution is 2.39. The van der Waals surface area contributed by atoms with Gasteiger partial charge in [-0.1, -0.05) is 55.7 Å². The third-order valence-electron chi connectivity index (χ3n) is 7.33. The Morgan fingerprint density at radius 1 is 0.829 bits per heavy atom. The summed E-state index contributed by atoms with van der Waals surface area (Å²) in [6.45, 7) is 0.814. The third kappa shape index (κ3) is 8.83. The van der Waals surface area contributed by atoms with Gasteiger partial charge in [0.15, 0.2) is 5.78 Å². The molecule has 8 heteroatoms. The third-order valence-corrected chi connectivity index (χ3v) is 7.33. The number of ether oxygens (including phenoxy) is 3. The Bertz CT molecular complexity index is 1300. The fourth-order valence-electron chi connectivity index (χ4n) is 5.27. The molecule has 41 heavy (non-hydrogen) atoms. The molecule has 0 radical (unpaired) electrons. The maximum Gasteiger partial charge on any atom is 0.405 e. The van der Waals surface area contributed by atoms with Crippen LogP contribution in [0.15, 0.2) is 72.8 Å². The lowest BCUT2D eigenvalue weighted by Crippen LogP contribution is -2.26. The van der Waals surface area contributed by atoms with Crippen LogP contribution in [0.3, 0.4) is 0 Å². The Labute approximate surface area is 240 Å². The average molecular weight is 560 g/mol. The van der Waals surface area contributed by atoms with Crippen molar-refractivity contribution >= 4 is 17.8 Å². The highest BCUT2D eigenvalue weighted by atomic mass is 16.6. The first-order valence-corrected chi connectivity index (χ1v) is 14.2. The van der Waals surface area contributed by atoms with E-state index in [1.54, 1.807) is 36.4 Å². The summed E-state index contributed by atoms with van der Waals surface area (Å²) in [5.74, 6) is 0.470. The summed E-state index contributed by atoms with van der Waals surface area (Å²) in [5.41, 5.74) is 8.26. The minimum atomic E-state index is -0.890. The van der Waals surface area contributed by atoms with Crippen LogP contribution in [0, 0.1) is 5.92 Å². The number of primary amides is 1. The molecule has 1 unspecified atom stereocenters. The quantitative estimate of drug-likeness (QED) is 0.171. The van der Waals surface area contributed by atoms with E-state index in [4.69, 9.17) is 19.9 Å². The number of aryl methyl sites for hydroxylation is 1. The van der Waals surface area contributed by atoms with Gasteiger partial charge < -0.3 is 25.1 Å². The van der Waals surface area contributed by atoms with Gasteiger partial charge in [-0.15, -0.1) is 0 Å². The maximum absolute atomic E-state index is 12.6. The Balaban J connectivity index is 1.34. The summed E-state index contributed by atoms with van der Waals surface area (Å²) in [4.78, 5) is 35.6. The number of benzene rings is 3. The topological polar surface area (TPSA) is 125 Å². The summed E-state index contributed by atoms with van der Waals surface area (Å²) in [5, 5.41) is 9.23. The van der Waals surface area contributed by atoms with Crippen molar-refractivity contribution in [3.8, 4) is 11.5 Å². The molecule has 0 heterocycles. The van der Waals surface area contributed by atoms with Crippen LogP contribution in [0.5, 0.6) is 11.5 Å². The fourth-order valence-corrected chi connectivity index (χ4v) is 5.27. The van der Waals surface area contributed by atoms with E-state index in [1.165, 1.54) is 0 Å². The predicted octanol–water partition coefficient (Wildman–Crippen LogP) is 6.50. The molecule has 1 fully saturated rings. The monoisotopic (exact) mass is 559 g/mol. The van der Waals surface area contributed by atoms with Crippen LogP contribution >= 0.6 is 0 Å². The Morgan fingerprint density at radius 2 is 1.46 bits per heavy atom. The van der Waals surface area contributed by atoms with Crippen LogP contribution in [-0.2, 0) is 16.0 Å². The van der Waals surface area contributed by atoms with Crippen molar-refractivity contribution in [1.29, 1.82) is 0 Å². The van der Waals surface area contributed by atoms with Gasteiger partial charge in [0.1, 0.15) is 17.6 Å². The number of carboxylic acid groups (broad SMARTS) is 1. The molecule has 0 saturated heterocycles. The standard InChI is InChI=1S/C33H37NO7/c34-33(38)41-32(26-10-5-2-6-11-26)29-22-28(18-12-23(29)15-19-30(35)36)40-21-7-20-39-27-16-13-25(14-17-27)31(37)24-8-3-1-4-9-24/h1,3-4,8-9,12-14,16-18,22,26,32H,2,5-7,10-11,15,19-21H2,(H2,34,38)(H,35,36). The smallest absolute Gasteiger partial charge is 0.405 e. The average Bonchev–Trinajstić information content (AvgIpc) is 2.99. The molecular weight excluding hydrogens is 522 g/mol. The zero-order valence-corrected chi connectivity index (χ0v) is 23.1. The molecule has 3 aromatic rings. The van der Waals surface area contributed by atoms with E-state index in [0.29, 0.717) is 48.7 Å². The lowest BCUT2D eigenvalue weighted by Gasteiger charge is -2.31. The molecule has 0 spiro atoms. The van der Waals surface area contributed by atoms with E-state index < -0.39 is 18.2 Å². The van der Waals surface area contributed by atoms with Gasteiger partial charge in [0, 0.05) is 29.9 Å². The number of ketones is 1. The van der Waals surface area contributed by atoms with Crippen LogP contribution in [0.25, 0.3) is 0 Å². The van der Waals surface area contributed by atoms with Gasteiger partial charge in [0.2, 0.25) is 0 Å². The molecular formula is C33H37NO7. The zero-order chi connectivity index (χ0) is 29.0. The second-order valence-corrected chi connectivity index (χ2v) is 10.3. The molecule has 216 valence electrons. The first kappa shape index (κ1) is 29.6. The molecule has 4 rings (SSSR count). The Kier molecular flexibility index (Phi) is 10.8. The maximum atomic E-state index is 12.6. The van der Waals surface area contributed by atoms with E-state index in [1.807, 2.05) is 36.4 Å². The van der Waals surface area contributed by atoms with Gasteiger partial charge in [0.05, 0.1) is 13.2 Å². The molecule has 0 aromatic heterocycles.